The van der Waals surface area contributed by atoms with E-state index in [1.54, 1.807) is 0 Å². The molecular weight excluding hydrogens is 236 g/mol. The zero-order chi connectivity index (χ0) is 13.1. The van der Waals surface area contributed by atoms with Crippen LogP contribution in [0.15, 0.2) is 24.3 Å². The van der Waals surface area contributed by atoms with E-state index >= 15 is 0 Å². The molecule has 1 aliphatic heterocycles. The van der Waals surface area contributed by atoms with Gasteiger partial charge in [0.15, 0.2) is 0 Å². The summed E-state index contributed by atoms with van der Waals surface area (Å²) >= 11 is 0. The number of hydrogen-bond donors (Lipinski definition) is 1. The monoisotopic (exact) mass is 256 g/mol. The van der Waals surface area contributed by atoms with E-state index in [-0.39, 0.29) is 0 Å². The zero-order valence-electron chi connectivity index (χ0n) is 11.1. The molecule has 3 heteroatoms. The molecule has 0 radical (unpaired) electrons. The minimum Gasteiger partial charge on any atom is -0.378 e. The first-order valence-corrected chi connectivity index (χ1v) is 7.20. The molecule has 19 heavy (non-hydrogen) atoms. The van der Waals surface area contributed by atoms with Crippen molar-refractivity contribution >= 4 is 0 Å². The second-order valence-corrected chi connectivity index (χ2v) is 5.66. The summed E-state index contributed by atoms with van der Waals surface area (Å²) in [7, 11) is 0. The summed E-state index contributed by atoms with van der Waals surface area (Å²) in [5.74, 6) is 0.836. The van der Waals surface area contributed by atoms with Crippen LogP contribution in [0.5, 0.6) is 0 Å². The molecule has 0 amide bonds. The lowest BCUT2D eigenvalue weighted by atomic mass is 9.95. The van der Waals surface area contributed by atoms with Gasteiger partial charge < -0.3 is 10.1 Å². The molecule has 1 aromatic rings. The van der Waals surface area contributed by atoms with E-state index in [1.165, 1.54) is 18.4 Å². The summed E-state index contributed by atoms with van der Waals surface area (Å²) in [5, 5.41) is 12.4. The van der Waals surface area contributed by atoms with Crippen molar-refractivity contribution in [3.05, 3.63) is 35.4 Å². The van der Waals surface area contributed by atoms with Gasteiger partial charge in [0.25, 0.3) is 0 Å². The Bertz CT molecular complexity index is 459. The minimum atomic E-state index is 0.366. The molecular formula is C16H20N2O. The Balaban J connectivity index is 1.58. The molecule has 1 saturated carbocycles. The summed E-state index contributed by atoms with van der Waals surface area (Å²) in [6, 6.07) is 10.4. The molecule has 2 aliphatic rings. The number of benzene rings is 1. The molecule has 2 fully saturated rings. The van der Waals surface area contributed by atoms with Gasteiger partial charge in [0, 0.05) is 12.6 Å². The fourth-order valence-corrected chi connectivity index (χ4v) is 2.63. The molecule has 1 N–H and O–H groups in total. The van der Waals surface area contributed by atoms with Crippen LogP contribution in [-0.2, 0) is 4.74 Å². The van der Waals surface area contributed by atoms with Crippen LogP contribution in [0.1, 0.15) is 42.9 Å². The highest BCUT2D eigenvalue weighted by atomic mass is 16.5. The van der Waals surface area contributed by atoms with E-state index in [9.17, 15) is 0 Å². The fourth-order valence-electron chi connectivity index (χ4n) is 2.63. The lowest BCUT2D eigenvalue weighted by Gasteiger charge is -2.30. The SMILES string of the molecule is N#Cc1ccc([C@@H]2C[C@@H](OCC3CC3)CCN2)cc1. The number of hydrogen-bond acceptors (Lipinski definition) is 3. The molecule has 1 heterocycles. The van der Waals surface area contributed by atoms with Crippen LogP contribution in [0, 0.1) is 17.2 Å². The van der Waals surface area contributed by atoms with Crippen LogP contribution in [0.2, 0.25) is 0 Å². The van der Waals surface area contributed by atoms with Gasteiger partial charge in [-0.25, -0.2) is 0 Å². The molecule has 3 rings (SSSR count). The summed E-state index contributed by atoms with van der Waals surface area (Å²) in [4.78, 5) is 0. The Kier molecular flexibility index (Phi) is 3.82. The van der Waals surface area contributed by atoms with Crippen LogP contribution in [-0.4, -0.2) is 19.3 Å². The predicted molar refractivity (Wildman–Crippen MR) is 73.6 cm³/mol. The lowest BCUT2D eigenvalue weighted by molar-refractivity contribution is 0.0159. The highest BCUT2D eigenvalue weighted by Gasteiger charge is 2.27. The van der Waals surface area contributed by atoms with Gasteiger partial charge >= 0.3 is 0 Å². The first-order chi connectivity index (χ1) is 9.35. The van der Waals surface area contributed by atoms with Crippen LogP contribution < -0.4 is 5.32 Å². The van der Waals surface area contributed by atoms with Gasteiger partial charge in [-0.3, -0.25) is 0 Å². The number of nitrogens with zero attached hydrogens (tertiary/aromatic N) is 1. The first-order valence-electron chi connectivity index (χ1n) is 7.20. The van der Waals surface area contributed by atoms with Crippen molar-refractivity contribution in [2.24, 2.45) is 5.92 Å². The van der Waals surface area contributed by atoms with Crippen LogP contribution in [0.4, 0.5) is 0 Å². The van der Waals surface area contributed by atoms with Crippen LogP contribution in [0.25, 0.3) is 0 Å². The number of nitriles is 1. The van der Waals surface area contributed by atoms with Crippen molar-refractivity contribution < 1.29 is 4.74 Å². The zero-order valence-corrected chi connectivity index (χ0v) is 11.1. The largest absolute Gasteiger partial charge is 0.378 e. The van der Waals surface area contributed by atoms with Crippen molar-refractivity contribution in [3.63, 3.8) is 0 Å². The number of ether oxygens (including phenoxy) is 1. The standard InChI is InChI=1S/C16H20N2O/c17-10-12-3-5-14(6-4-12)16-9-15(7-8-18-16)19-11-13-1-2-13/h3-6,13,15-16,18H,1-2,7-9,11H2/t15-,16-/m0/s1. The molecule has 1 aliphatic carbocycles. The van der Waals surface area contributed by atoms with E-state index in [2.05, 4.69) is 23.5 Å². The molecule has 3 nitrogen and oxygen atoms in total. The lowest BCUT2D eigenvalue weighted by Crippen LogP contribution is -2.36. The van der Waals surface area contributed by atoms with Crippen molar-refractivity contribution in [1.29, 1.82) is 5.26 Å². The van der Waals surface area contributed by atoms with E-state index in [1.807, 2.05) is 12.1 Å². The molecule has 1 saturated heterocycles. The maximum Gasteiger partial charge on any atom is 0.0991 e. The van der Waals surface area contributed by atoms with Crippen LogP contribution >= 0.6 is 0 Å². The summed E-state index contributed by atoms with van der Waals surface area (Å²) in [6.07, 6.45) is 5.24. The normalized spacial score (nSPS) is 26.9. The third-order valence-corrected chi connectivity index (χ3v) is 4.06. The molecule has 2 atom stereocenters. The van der Waals surface area contributed by atoms with Crippen molar-refractivity contribution in [2.45, 2.75) is 37.8 Å². The van der Waals surface area contributed by atoms with Gasteiger partial charge in [0.05, 0.1) is 17.7 Å². The van der Waals surface area contributed by atoms with Crippen molar-refractivity contribution in [3.8, 4) is 6.07 Å². The Morgan fingerprint density at radius 1 is 1.21 bits per heavy atom. The van der Waals surface area contributed by atoms with Gasteiger partial charge in [-0.2, -0.15) is 5.26 Å². The molecule has 1 aromatic carbocycles. The second-order valence-electron chi connectivity index (χ2n) is 5.66. The molecule has 100 valence electrons. The smallest absolute Gasteiger partial charge is 0.0991 e. The fraction of sp³-hybridized carbons (Fsp3) is 0.562. The second kappa shape index (κ2) is 5.73. The van der Waals surface area contributed by atoms with E-state index < -0.39 is 0 Å². The Morgan fingerprint density at radius 3 is 2.68 bits per heavy atom. The average molecular weight is 256 g/mol. The minimum absolute atomic E-state index is 0.366. The summed E-state index contributed by atoms with van der Waals surface area (Å²) in [6.45, 7) is 1.96. The number of piperidine rings is 1. The first kappa shape index (κ1) is 12.7. The van der Waals surface area contributed by atoms with E-state index in [0.29, 0.717) is 12.1 Å². The predicted octanol–water partition coefficient (Wildman–Crippen LogP) is 2.78. The van der Waals surface area contributed by atoms with E-state index in [0.717, 1.165) is 37.5 Å². The summed E-state index contributed by atoms with van der Waals surface area (Å²) in [5.41, 5.74) is 1.99. The van der Waals surface area contributed by atoms with Crippen LogP contribution in [0.3, 0.4) is 0 Å². The Morgan fingerprint density at radius 2 is 2.00 bits per heavy atom. The molecule has 0 aromatic heterocycles. The topological polar surface area (TPSA) is 45.0 Å². The van der Waals surface area contributed by atoms with Gasteiger partial charge in [-0.1, -0.05) is 12.1 Å². The third-order valence-electron chi connectivity index (χ3n) is 4.06. The van der Waals surface area contributed by atoms with Crippen molar-refractivity contribution in [2.75, 3.05) is 13.2 Å². The summed E-state index contributed by atoms with van der Waals surface area (Å²) < 4.78 is 6.01. The highest BCUT2D eigenvalue weighted by molar-refractivity contribution is 5.33. The average Bonchev–Trinajstić information content (AvgIpc) is 3.30. The van der Waals surface area contributed by atoms with Crippen molar-refractivity contribution in [1.82, 2.24) is 5.32 Å². The molecule has 0 spiro atoms. The maximum atomic E-state index is 8.82. The highest BCUT2D eigenvalue weighted by Crippen LogP contribution is 2.31. The van der Waals surface area contributed by atoms with Gasteiger partial charge in [-0.15, -0.1) is 0 Å². The third kappa shape index (κ3) is 3.34. The Hall–Kier alpha value is -1.37. The quantitative estimate of drug-likeness (QED) is 0.901. The molecule has 0 bridgehead atoms. The van der Waals surface area contributed by atoms with Gasteiger partial charge in [0.1, 0.15) is 0 Å². The maximum absolute atomic E-state index is 8.82. The Labute approximate surface area is 114 Å². The van der Waals surface area contributed by atoms with E-state index in [4.69, 9.17) is 10.00 Å². The van der Waals surface area contributed by atoms with Gasteiger partial charge in [-0.05, 0) is 55.8 Å². The number of rotatable bonds is 4. The molecule has 0 unspecified atom stereocenters. The van der Waals surface area contributed by atoms with Gasteiger partial charge in [0.2, 0.25) is 0 Å². The number of nitrogens with one attached hydrogen (secondary N) is 1.